The van der Waals surface area contributed by atoms with Crippen LogP contribution < -0.4 is 9.64 Å². The van der Waals surface area contributed by atoms with Crippen molar-refractivity contribution < 1.29 is 9.47 Å². The number of morpholine rings is 1. The highest BCUT2D eigenvalue weighted by atomic mass is 35.5. The van der Waals surface area contributed by atoms with Crippen LogP contribution in [0.25, 0.3) is 17.0 Å². The van der Waals surface area contributed by atoms with E-state index in [2.05, 4.69) is 25.1 Å². The molecule has 1 aromatic carbocycles. The van der Waals surface area contributed by atoms with E-state index in [1.54, 1.807) is 9.20 Å². The lowest BCUT2D eigenvalue weighted by atomic mass is 10.2. The minimum atomic E-state index is 0. The number of anilines is 1. The van der Waals surface area contributed by atoms with E-state index in [1.807, 2.05) is 43.4 Å². The number of rotatable bonds is 7. The van der Waals surface area contributed by atoms with Crippen LogP contribution in [0.1, 0.15) is 24.5 Å². The second-order valence-corrected chi connectivity index (χ2v) is 8.93. The van der Waals surface area contributed by atoms with Crippen LogP contribution in [0.15, 0.2) is 36.4 Å². The number of aromatic nitrogens is 7. The Morgan fingerprint density at radius 2 is 1.75 bits per heavy atom. The van der Waals surface area contributed by atoms with E-state index < -0.39 is 0 Å². The number of hydrogen-bond acceptors (Lipinski definition) is 9. The molecule has 36 heavy (non-hydrogen) atoms. The number of benzene rings is 1. The Kier molecular flexibility index (Phi) is 7.30. The van der Waals surface area contributed by atoms with Crippen molar-refractivity contribution in [3.63, 3.8) is 0 Å². The minimum absolute atomic E-state index is 0. The summed E-state index contributed by atoms with van der Waals surface area (Å²) in [5.41, 5.74) is 2.59. The zero-order valence-electron chi connectivity index (χ0n) is 20.3. The summed E-state index contributed by atoms with van der Waals surface area (Å²) in [6.45, 7) is 6.24. The minimum Gasteiger partial charge on any atom is -0.467 e. The van der Waals surface area contributed by atoms with Gasteiger partial charge in [0.05, 0.1) is 19.8 Å². The lowest BCUT2D eigenvalue weighted by Gasteiger charge is -2.25. The zero-order valence-corrected chi connectivity index (χ0v) is 21.1. The molecule has 0 radical (unpaired) electrons. The molecule has 3 aromatic heterocycles. The fourth-order valence-corrected chi connectivity index (χ4v) is 4.62. The van der Waals surface area contributed by atoms with Crippen LogP contribution in [0.2, 0.25) is 0 Å². The van der Waals surface area contributed by atoms with Gasteiger partial charge in [-0.05, 0) is 12.8 Å². The van der Waals surface area contributed by atoms with Crippen molar-refractivity contribution in [2.45, 2.75) is 26.0 Å². The first-order valence-corrected chi connectivity index (χ1v) is 12.1. The molecular weight excluding hydrogens is 482 g/mol. The molecule has 0 saturated carbocycles. The highest BCUT2D eigenvalue weighted by molar-refractivity contribution is 5.85. The van der Waals surface area contributed by atoms with E-state index in [0.29, 0.717) is 23.9 Å². The van der Waals surface area contributed by atoms with Gasteiger partial charge in [0, 0.05) is 44.9 Å². The van der Waals surface area contributed by atoms with Gasteiger partial charge in [0.15, 0.2) is 23.1 Å². The van der Waals surface area contributed by atoms with E-state index >= 15 is 0 Å². The summed E-state index contributed by atoms with van der Waals surface area (Å²) in [5, 5.41) is 18.2. The van der Waals surface area contributed by atoms with Gasteiger partial charge in [-0.3, -0.25) is 4.90 Å². The second kappa shape index (κ2) is 10.8. The Bertz CT molecular complexity index is 1300. The summed E-state index contributed by atoms with van der Waals surface area (Å²) in [6, 6.07) is 12.0. The van der Waals surface area contributed by atoms with E-state index in [0.717, 1.165) is 75.1 Å². The van der Waals surface area contributed by atoms with Gasteiger partial charge in [-0.2, -0.15) is 9.61 Å². The molecule has 2 aliphatic rings. The Labute approximate surface area is 215 Å². The third-order valence-electron chi connectivity index (χ3n) is 6.52. The van der Waals surface area contributed by atoms with Gasteiger partial charge in [-0.1, -0.05) is 30.3 Å². The predicted molar refractivity (Wildman–Crippen MR) is 136 cm³/mol. The summed E-state index contributed by atoms with van der Waals surface area (Å²) in [7, 11) is 1.90. The first kappa shape index (κ1) is 24.4. The lowest BCUT2D eigenvalue weighted by molar-refractivity contribution is 0.0330. The SMILES string of the molecule is Cl.Cn1nc(CN2CCOCC2)nc1COc1nn2c(-c3ccccc3)nnc2cc1N1CCCC1. The first-order chi connectivity index (χ1) is 17.2. The van der Waals surface area contributed by atoms with Gasteiger partial charge in [-0.25, -0.2) is 9.67 Å². The average molecular weight is 512 g/mol. The number of hydrogen-bond donors (Lipinski definition) is 0. The largest absolute Gasteiger partial charge is 0.467 e. The number of halogens is 1. The van der Waals surface area contributed by atoms with Crippen molar-refractivity contribution in [3.05, 3.63) is 48.0 Å². The number of aryl methyl sites for hydroxylation is 1. The summed E-state index contributed by atoms with van der Waals surface area (Å²) in [5.74, 6) is 2.79. The maximum atomic E-state index is 6.30. The normalized spacial score (nSPS) is 16.4. The van der Waals surface area contributed by atoms with Crippen molar-refractivity contribution >= 4 is 23.7 Å². The predicted octanol–water partition coefficient (Wildman–Crippen LogP) is 2.35. The molecule has 5 heterocycles. The highest BCUT2D eigenvalue weighted by Gasteiger charge is 2.22. The maximum absolute atomic E-state index is 6.30. The van der Waals surface area contributed by atoms with Crippen LogP contribution in [0, 0.1) is 0 Å². The van der Waals surface area contributed by atoms with Crippen LogP contribution in [-0.2, 0) is 24.9 Å². The first-order valence-electron chi connectivity index (χ1n) is 12.1. The molecule has 0 bridgehead atoms. The third kappa shape index (κ3) is 4.99. The van der Waals surface area contributed by atoms with Crippen LogP contribution in [0.5, 0.6) is 5.88 Å². The smallest absolute Gasteiger partial charge is 0.256 e. The summed E-state index contributed by atoms with van der Waals surface area (Å²) >= 11 is 0. The Morgan fingerprint density at radius 1 is 0.972 bits per heavy atom. The van der Waals surface area contributed by atoms with Crippen molar-refractivity contribution in [2.75, 3.05) is 44.3 Å². The van der Waals surface area contributed by atoms with Gasteiger partial charge < -0.3 is 14.4 Å². The lowest BCUT2D eigenvalue weighted by Crippen LogP contribution is -2.36. The topological polar surface area (TPSA) is 98.7 Å². The fraction of sp³-hybridized carbons (Fsp3) is 0.458. The molecule has 0 spiro atoms. The highest BCUT2D eigenvalue weighted by Crippen LogP contribution is 2.31. The molecular formula is C24H30ClN9O2. The second-order valence-electron chi connectivity index (χ2n) is 8.93. The Balaban J connectivity index is 0.00000267. The Hall–Kier alpha value is -3.28. The van der Waals surface area contributed by atoms with Crippen molar-refractivity contribution in [1.29, 1.82) is 0 Å². The molecule has 2 aliphatic heterocycles. The maximum Gasteiger partial charge on any atom is 0.256 e. The summed E-state index contributed by atoms with van der Waals surface area (Å²) in [4.78, 5) is 9.35. The number of fused-ring (bicyclic) bond motifs is 1. The molecule has 0 N–H and O–H groups in total. The van der Waals surface area contributed by atoms with Crippen molar-refractivity contribution in [3.8, 4) is 17.3 Å². The van der Waals surface area contributed by atoms with Crippen LogP contribution >= 0.6 is 12.4 Å². The molecule has 0 atom stereocenters. The van der Waals surface area contributed by atoms with Crippen molar-refractivity contribution in [1.82, 2.24) is 39.5 Å². The van der Waals surface area contributed by atoms with Crippen LogP contribution in [0.4, 0.5) is 5.69 Å². The number of ether oxygens (including phenoxy) is 2. The number of nitrogens with zero attached hydrogens (tertiary/aromatic N) is 9. The molecule has 4 aromatic rings. The summed E-state index contributed by atoms with van der Waals surface area (Å²) in [6.07, 6.45) is 2.31. The molecule has 2 saturated heterocycles. The van der Waals surface area contributed by atoms with Gasteiger partial charge in [-0.15, -0.1) is 27.7 Å². The van der Waals surface area contributed by atoms with Gasteiger partial charge in [0.25, 0.3) is 5.88 Å². The molecule has 0 amide bonds. The van der Waals surface area contributed by atoms with E-state index in [-0.39, 0.29) is 19.0 Å². The quantitative estimate of drug-likeness (QED) is 0.370. The monoisotopic (exact) mass is 511 g/mol. The Morgan fingerprint density at radius 3 is 2.53 bits per heavy atom. The standard InChI is InChI=1S/C24H29N9O2.ClH/c1-30-22(25-20(28-30)16-31-11-13-34-14-12-31)17-35-24-19(32-9-5-6-10-32)15-21-26-27-23(33(21)29-24)18-7-3-2-4-8-18;/h2-4,7-8,15H,5-6,9-14,16-17H2,1H3;1H. The van der Waals surface area contributed by atoms with Gasteiger partial charge in [0.1, 0.15) is 12.3 Å². The zero-order chi connectivity index (χ0) is 23.6. The van der Waals surface area contributed by atoms with Crippen LogP contribution in [-0.4, -0.2) is 78.9 Å². The molecule has 12 heteroatoms. The van der Waals surface area contributed by atoms with Gasteiger partial charge >= 0.3 is 0 Å². The molecule has 0 aliphatic carbocycles. The molecule has 6 rings (SSSR count). The average Bonchev–Trinajstić information content (AvgIpc) is 3.63. The van der Waals surface area contributed by atoms with Crippen molar-refractivity contribution in [2.24, 2.45) is 7.05 Å². The van der Waals surface area contributed by atoms with Gasteiger partial charge in [0.2, 0.25) is 0 Å². The third-order valence-corrected chi connectivity index (χ3v) is 6.52. The van der Waals surface area contributed by atoms with E-state index in [4.69, 9.17) is 19.6 Å². The van der Waals surface area contributed by atoms with Crippen LogP contribution in [0.3, 0.4) is 0 Å². The molecule has 2 fully saturated rings. The van der Waals surface area contributed by atoms with E-state index in [1.165, 1.54) is 0 Å². The fourth-order valence-electron chi connectivity index (χ4n) is 4.62. The summed E-state index contributed by atoms with van der Waals surface area (Å²) < 4.78 is 15.3. The van der Waals surface area contributed by atoms with E-state index in [9.17, 15) is 0 Å². The molecule has 190 valence electrons. The molecule has 11 nitrogen and oxygen atoms in total. The molecule has 0 unspecified atom stereocenters.